The Bertz CT molecular complexity index is 939. The zero-order valence-corrected chi connectivity index (χ0v) is 17.4. The van der Waals surface area contributed by atoms with Gasteiger partial charge in [-0.05, 0) is 42.8 Å². The third-order valence-corrected chi connectivity index (χ3v) is 4.40. The van der Waals surface area contributed by atoms with Crippen LogP contribution in [0, 0.1) is 0 Å². The SMILES string of the molecule is CCCN(CC(=O)NCc1ccc(OC)c(OC)c1)Cc1nnc(-c2ccco2)o1. The highest BCUT2D eigenvalue weighted by atomic mass is 16.5. The molecule has 2 aromatic heterocycles. The third kappa shape index (κ3) is 5.60. The molecule has 30 heavy (non-hydrogen) atoms. The van der Waals surface area contributed by atoms with E-state index in [0.29, 0.717) is 42.1 Å². The van der Waals surface area contributed by atoms with E-state index in [9.17, 15) is 4.79 Å². The molecular formula is C21H26N4O5. The molecule has 0 aliphatic rings. The predicted octanol–water partition coefficient (Wildman–Crippen LogP) is 2.88. The highest BCUT2D eigenvalue weighted by Crippen LogP contribution is 2.27. The quantitative estimate of drug-likeness (QED) is 0.511. The van der Waals surface area contributed by atoms with Gasteiger partial charge in [0.2, 0.25) is 11.8 Å². The molecule has 0 atom stereocenters. The summed E-state index contributed by atoms with van der Waals surface area (Å²) < 4.78 is 21.4. The zero-order valence-electron chi connectivity index (χ0n) is 17.4. The molecule has 1 N–H and O–H groups in total. The van der Waals surface area contributed by atoms with Crippen molar-refractivity contribution in [3.05, 3.63) is 48.0 Å². The number of rotatable bonds is 11. The van der Waals surface area contributed by atoms with Crippen molar-refractivity contribution >= 4 is 5.91 Å². The summed E-state index contributed by atoms with van der Waals surface area (Å²) in [5.74, 6) is 2.45. The Morgan fingerprint density at radius 1 is 1.17 bits per heavy atom. The smallest absolute Gasteiger partial charge is 0.283 e. The number of carbonyl (C=O) groups excluding carboxylic acids is 1. The lowest BCUT2D eigenvalue weighted by molar-refractivity contribution is -0.122. The molecule has 3 rings (SSSR count). The van der Waals surface area contributed by atoms with Crippen LogP contribution in [-0.2, 0) is 17.9 Å². The van der Waals surface area contributed by atoms with Gasteiger partial charge in [0.1, 0.15) is 0 Å². The van der Waals surface area contributed by atoms with Crippen molar-refractivity contribution in [2.75, 3.05) is 27.3 Å². The van der Waals surface area contributed by atoms with Crippen molar-refractivity contribution in [1.29, 1.82) is 0 Å². The van der Waals surface area contributed by atoms with Gasteiger partial charge in [-0.1, -0.05) is 13.0 Å². The number of nitrogens with one attached hydrogen (secondary N) is 1. The Hall–Kier alpha value is -3.33. The first kappa shape index (κ1) is 21.4. The lowest BCUT2D eigenvalue weighted by Crippen LogP contribution is -2.37. The van der Waals surface area contributed by atoms with Crippen molar-refractivity contribution in [3.63, 3.8) is 0 Å². The maximum Gasteiger partial charge on any atom is 0.283 e. The molecule has 0 saturated heterocycles. The Labute approximate surface area is 175 Å². The molecule has 1 amide bonds. The molecule has 160 valence electrons. The minimum Gasteiger partial charge on any atom is -0.493 e. The highest BCUT2D eigenvalue weighted by molar-refractivity contribution is 5.78. The molecule has 0 unspecified atom stereocenters. The van der Waals surface area contributed by atoms with Gasteiger partial charge < -0.3 is 23.6 Å². The summed E-state index contributed by atoms with van der Waals surface area (Å²) >= 11 is 0. The first-order valence-electron chi connectivity index (χ1n) is 9.69. The van der Waals surface area contributed by atoms with E-state index in [0.717, 1.165) is 18.5 Å². The zero-order chi connectivity index (χ0) is 21.3. The summed E-state index contributed by atoms with van der Waals surface area (Å²) in [6.45, 7) is 3.77. The van der Waals surface area contributed by atoms with E-state index in [1.807, 2.05) is 23.1 Å². The molecule has 0 fully saturated rings. The average molecular weight is 414 g/mol. The van der Waals surface area contributed by atoms with Crippen LogP contribution in [0.2, 0.25) is 0 Å². The summed E-state index contributed by atoms with van der Waals surface area (Å²) in [6.07, 6.45) is 2.44. The molecular weight excluding hydrogens is 388 g/mol. The van der Waals surface area contributed by atoms with Gasteiger partial charge in [0, 0.05) is 6.54 Å². The number of hydrogen-bond donors (Lipinski definition) is 1. The van der Waals surface area contributed by atoms with Crippen LogP contribution in [0.3, 0.4) is 0 Å². The first-order chi connectivity index (χ1) is 14.6. The lowest BCUT2D eigenvalue weighted by atomic mass is 10.2. The Morgan fingerprint density at radius 2 is 2.00 bits per heavy atom. The van der Waals surface area contributed by atoms with Gasteiger partial charge in [0.05, 0.1) is 33.6 Å². The summed E-state index contributed by atoms with van der Waals surface area (Å²) in [7, 11) is 3.17. The highest BCUT2D eigenvalue weighted by Gasteiger charge is 2.16. The largest absolute Gasteiger partial charge is 0.493 e. The molecule has 0 saturated carbocycles. The molecule has 0 radical (unpaired) electrons. The number of methoxy groups -OCH3 is 2. The number of aromatic nitrogens is 2. The molecule has 9 heteroatoms. The van der Waals surface area contributed by atoms with E-state index >= 15 is 0 Å². The molecule has 3 aromatic rings. The standard InChI is InChI=1S/C21H26N4O5/c1-4-9-25(14-20-23-24-21(30-20)17-6-5-10-29-17)13-19(26)22-12-15-7-8-16(27-2)18(11-15)28-3/h5-8,10-11H,4,9,12-14H2,1-3H3,(H,22,26). The molecule has 0 aliphatic heterocycles. The van der Waals surface area contributed by atoms with Gasteiger partial charge in [0.25, 0.3) is 5.89 Å². The molecule has 0 aliphatic carbocycles. The lowest BCUT2D eigenvalue weighted by Gasteiger charge is -2.19. The van der Waals surface area contributed by atoms with E-state index in [2.05, 4.69) is 22.4 Å². The second-order valence-electron chi connectivity index (χ2n) is 6.65. The van der Waals surface area contributed by atoms with E-state index < -0.39 is 0 Å². The Kier molecular flexibility index (Phi) is 7.45. The van der Waals surface area contributed by atoms with Crippen molar-refractivity contribution < 1.29 is 23.1 Å². The van der Waals surface area contributed by atoms with Crippen molar-refractivity contribution in [2.24, 2.45) is 0 Å². The summed E-state index contributed by atoms with van der Waals surface area (Å²) in [5.41, 5.74) is 0.919. The van der Waals surface area contributed by atoms with E-state index in [1.54, 1.807) is 32.6 Å². The minimum atomic E-state index is -0.0935. The van der Waals surface area contributed by atoms with Crippen molar-refractivity contribution in [1.82, 2.24) is 20.4 Å². The third-order valence-electron chi connectivity index (χ3n) is 4.40. The van der Waals surface area contributed by atoms with Gasteiger partial charge in [-0.2, -0.15) is 0 Å². The molecule has 9 nitrogen and oxygen atoms in total. The number of amides is 1. The van der Waals surface area contributed by atoms with E-state index in [1.165, 1.54) is 0 Å². The summed E-state index contributed by atoms with van der Waals surface area (Å²) in [5, 5.41) is 11.0. The van der Waals surface area contributed by atoms with E-state index in [-0.39, 0.29) is 12.5 Å². The normalized spacial score (nSPS) is 10.9. The number of benzene rings is 1. The fourth-order valence-electron chi connectivity index (χ4n) is 2.99. The minimum absolute atomic E-state index is 0.0935. The molecule has 2 heterocycles. The first-order valence-corrected chi connectivity index (χ1v) is 9.69. The monoisotopic (exact) mass is 414 g/mol. The summed E-state index contributed by atoms with van der Waals surface area (Å²) in [6, 6.07) is 9.06. The summed E-state index contributed by atoms with van der Waals surface area (Å²) in [4.78, 5) is 14.4. The topological polar surface area (TPSA) is 103 Å². The van der Waals surface area contributed by atoms with Crippen molar-refractivity contribution in [2.45, 2.75) is 26.4 Å². The van der Waals surface area contributed by atoms with Crippen LogP contribution in [0.4, 0.5) is 0 Å². The fraction of sp³-hybridized carbons (Fsp3) is 0.381. The van der Waals surface area contributed by atoms with Crippen LogP contribution < -0.4 is 14.8 Å². The molecule has 0 bridgehead atoms. The van der Waals surface area contributed by atoms with Crippen LogP contribution in [0.1, 0.15) is 24.8 Å². The van der Waals surface area contributed by atoms with Crippen LogP contribution in [0.15, 0.2) is 45.4 Å². The van der Waals surface area contributed by atoms with Crippen LogP contribution >= 0.6 is 0 Å². The number of ether oxygens (including phenoxy) is 2. The van der Waals surface area contributed by atoms with Crippen LogP contribution in [0.5, 0.6) is 11.5 Å². The maximum atomic E-state index is 12.5. The Morgan fingerprint density at radius 3 is 2.70 bits per heavy atom. The molecule has 0 spiro atoms. The van der Waals surface area contributed by atoms with Crippen LogP contribution in [-0.4, -0.2) is 48.3 Å². The van der Waals surface area contributed by atoms with Crippen LogP contribution in [0.25, 0.3) is 11.7 Å². The molecule has 1 aromatic carbocycles. The van der Waals surface area contributed by atoms with Gasteiger partial charge in [-0.3, -0.25) is 9.69 Å². The fourth-order valence-corrected chi connectivity index (χ4v) is 2.99. The number of furan rings is 1. The number of nitrogens with zero attached hydrogens (tertiary/aromatic N) is 3. The maximum absolute atomic E-state index is 12.5. The predicted molar refractivity (Wildman–Crippen MR) is 109 cm³/mol. The van der Waals surface area contributed by atoms with Gasteiger partial charge in [0.15, 0.2) is 17.3 Å². The second kappa shape index (κ2) is 10.4. The van der Waals surface area contributed by atoms with Gasteiger partial charge in [-0.25, -0.2) is 0 Å². The number of hydrogen-bond acceptors (Lipinski definition) is 8. The second-order valence-corrected chi connectivity index (χ2v) is 6.65. The van der Waals surface area contributed by atoms with Gasteiger partial charge >= 0.3 is 0 Å². The van der Waals surface area contributed by atoms with Gasteiger partial charge in [-0.15, -0.1) is 10.2 Å². The van der Waals surface area contributed by atoms with E-state index in [4.69, 9.17) is 18.3 Å². The Balaban J connectivity index is 1.55. The average Bonchev–Trinajstić information content (AvgIpc) is 3.44. The van der Waals surface area contributed by atoms with Crippen molar-refractivity contribution in [3.8, 4) is 23.1 Å². The number of carbonyl (C=O) groups is 1.